The number of hydrogen-bond acceptors (Lipinski definition) is 3. The van der Waals surface area contributed by atoms with E-state index >= 15 is 0 Å². The van der Waals surface area contributed by atoms with Crippen LogP contribution in [0.3, 0.4) is 0 Å². The number of nitrogens with two attached hydrogens (primary N) is 1. The van der Waals surface area contributed by atoms with Gasteiger partial charge in [-0.3, -0.25) is 9.59 Å². The fourth-order valence-corrected chi connectivity index (χ4v) is 1.66. The number of amides is 2. The molecule has 6 heteroatoms. The molecule has 21 heavy (non-hydrogen) atoms. The van der Waals surface area contributed by atoms with Crippen molar-refractivity contribution in [1.29, 1.82) is 0 Å². The summed E-state index contributed by atoms with van der Waals surface area (Å²) in [5, 5.41) is 5.94. The van der Waals surface area contributed by atoms with E-state index in [0.29, 0.717) is 35.8 Å². The third kappa shape index (κ3) is 5.73. The first kappa shape index (κ1) is 17.5. The van der Waals surface area contributed by atoms with Crippen molar-refractivity contribution >= 4 is 34.8 Å². The molecule has 0 heterocycles. The fourth-order valence-electron chi connectivity index (χ4n) is 1.49. The molecule has 0 atom stereocenters. The number of carbonyl (C=O) groups excluding carboxylic acids is 2. The van der Waals surface area contributed by atoms with Gasteiger partial charge in [0.25, 0.3) is 0 Å². The molecular weight excluding hydrogens is 290 g/mol. The van der Waals surface area contributed by atoms with E-state index in [1.807, 2.05) is 20.8 Å². The lowest BCUT2D eigenvalue weighted by Gasteiger charge is -2.18. The zero-order chi connectivity index (χ0) is 16.0. The Balaban J connectivity index is 2.80. The highest BCUT2D eigenvalue weighted by molar-refractivity contribution is 6.33. The second-order valence-electron chi connectivity index (χ2n) is 5.84. The minimum atomic E-state index is -0.496. The zero-order valence-electron chi connectivity index (χ0n) is 12.6. The summed E-state index contributed by atoms with van der Waals surface area (Å²) in [5.74, 6) is -0.258. The minimum absolute atomic E-state index is 0.106. The minimum Gasteiger partial charge on any atom is -0.330 e. The number of halogens is 1. The molecule has 0 spiro atoms. The van der Waals surface area contributed by atoms with Crippen LogP contribution in [-0.4, -0.2) is 18.4 Å². The van der Waals surface area contributed by atoms with E-state index in [9.17, 15) is 9.59 Å². The van der Waals surface area contributed by atoms with Crippen molar-refractivity contribution in [2.45, 2.75) is 33.6 Å². The molecule has 0 aliphatic rings. The van der Waals surface area contributed by atoms with Gasteiger partial charge in [0.2, 0.25) is 11.8 Å². The quantitative estimate of drug-likeness (QED) is 0.781. The summed E-state index contributed by atoms with van der Waals surface area (Å²) in [5.41, 5.74) is 5.94. The molecule has 4 N–H and O–H groups in total. The smallest absolute Gasteiger partial charge is 0.229 e. The molecule has 0 aliphatic carbocycles. The number of carbonyl (C=O) groups is 2. The van der Waals surface area contributed by atoms with Crippen molar-refractivity contribution in [3.8, 4) is 0 Å². The highest BCUT2D eigenvalue weighted by atomic mass is 35.5. The zero-order valence-corrected chi connectivity index (χ0v) is 13.4. The van der Waals surface area contributed by atoms with Crippen LogP contribution in [0.15, 0.2) is 18.2 Å². The molecule has 0 saturated heterocycles. The van der Waals surface area contributed by atoms with Crippen LogP contribution < -0.4 is 16.4 Å². The second kappa shape index (κ2) is 7.43. The molecule has 0 unspecified atom stereocenters. The summed E-state index contributed by atoms with van der Waals surface area (Å²) in [6, 6.07) is 4.98. The number of anilines is 2. The van der Waals surface area contributed by atoms with Gasteiger partial charge in [-0.05, 0) is 31.2 Å². The van der Waals surface area contributed by atoms with Crippen LogP contribution in [0.25, 0.3) is 0 Å². The molecule has 0 saturated carbocycles. The average molecular weight is 312 g/mol. The van der Waals surface area contributed by atoms with Gasteiger partial charge in [-0.2, -0.15) is 0 Å². The lowest BCUT2D eigenvalue weighted by Crippen LogP contribution is -2.27. The standard InChI is InChI=1S/C15H22ClN3O2/c1-15(2,3)14(21)18-10-6-7-11(16)12(9-10)19-13(20)5-4-8-17/h6-7,9H,4-5,8,17H2,1-3H3,(H,18,21)(H,19,20). The number of hydrogen-bond donors (Lipinski definition) is 3. The highest BCUT2D eigenvalue weighted by Crippen LogP contribution is 2.27. The van der Waals surface area contributed by atoms with Gasteiger partial charge in [-0.25, -0.2) is 0 Å². The van der Waals surface area contributed by atoms with Crippen LogP contribution in [0.1, 0.15) is 33.6 Å². The van der Waals surface area contributed by atoms with E-state index in [0.717, 1.165) is 0 Å². The van der Waals surface area contributed by atoms with Crippen molar-refractivity contribution < 1.29 is 9.59 Å². The van der Waals surface area contributed by atoms with Gasteiger partial charge in [0.05, 0.1) is 10.7 Å². The van der Waals surface area contributed by atoms with Crippen molar-refractivity contribution in [2.75, 3.05) is 17.2 Å². The molecule has 1 rings (SSSR count). The Kier molecular flexibility index (Phi) is 6.18. The normalized spacial score (nSPS) is 11.1. The Hall–Kier alpha value is -1.59. The maximum atomic E-state index is 11.9. The molecular formula is C15H22ClN3O2. The molecule has 1 aromatic carbocycles. The van der Waals surface area contributed by atoms with Gasteiger partial charge >= 0.3 is 0 Å². The number of benzene rings is 1. The molecule has 0 fully saturated rings. The summed E-state index contributed by atoms with van der Waals surface area (Å²) < 4.78 is 0. The van der Waals surface area contributed by atoms with E-state index < -0.39 is 5.41 Å². The van der Waals surface area contributed by atoms with E-state index in [1.165, 1.54) is 0 Å². The first-order valence-electron chi connectivity index (χ1n) is 6.85. The second-order valence-corrected chi connectivity index (χ2v) is 6.25. The third-order valence-corrected chi connectivity index (χ3v) is 3.12. The third-order valence-electron chi connectivity index (χ3n) is 2.79. The summed E-state index contributed by atoms with van der Waals surface area (Å²) in [6.07, 6.45) is 0.954. The Bertz CT molecular complexity index is 524. The molecule has 2 amide bonds. The van der Waals surface area contributed by atoms with Crippen LogP contribution in [0, 0.1) is 5.41 Å². The van der Waals surface area contributed by atoms with Crippen LogP contribution >= 0.6 is 11.6 Å². The van der Waals surface area contributed by atoms with Gasteiger partial charge in [-0.15, -0.1) is 0 Å². The van der Waals surface area contributed by atoms with Crippen molar-refractivity contribution in [1.82, 2.24) is 0 Å². The van der Waals surface area contributed by atoms with E-state index in [2.05, 4.69) is 10.6 Å². The Morgan fingerprint density at radius 3 is 2.48 bits per heavy atom. The molecule has 5 nitrogen and oxygen atoms in total. The van der Waals surface area contributed by atoms with E-state index in [-0.39, 0.29) is 11.8 Å². The monoisotopic (exact) mass is 311 g/mol. The summed E-state index contributed by atoms with van der Waals surface area (Å²) in [7, 11) is 0. The summed E-state index contributed by atoms with van der Waals surface area (Å²) >= 11 is 6.05. The molecule has 1 aromatic rings. The Morgan fingerprint density at radius 2 is 1.90 bits per heavy atom. The average Bonchev–Trinajstić information content (AvgIpc) is 2.39. The molecule has 0 bridgehead atoms. The van der Waals surface area contributed by atoms with Crippen molar-refractivity contribution in [2.24, 2.45) is 11.1 Å². The Morgan fingerprint density at radius 1 is 1.24 bits per heavy atom. The fraction of sp³-hybridized carbons (Fsp3) is 0.467. The molecule has 0 aromatic heterocycles. The van der Waals surface area contributed by atoms with Crippen molar-refractivity contribution in [3.05, 3.63) is 23.2 Å². The first-order valence-corrected chi connectivity index (χ1v) is 7.23. The van der Waals surface area contributed by atoms with Gasteiger partial charge in [0.1, 0.15) is 0 Å². The predicted octanol–water partition coefficient (Wildman–Crippen LogP) is 3.00. The lowest BCUT2D eigenvalue weighted by molar-refractivity contribution is -0.123. The number of nitrogens with one attached hydrogen (secondary N) is 2. The van der Waals surface area contributed by atoms with Gasteiger partial charge < -0.3 is 16.4 Å². The SMILES string of the molecule is CC(C)(C)C(=O)Nc1ccc(Cl)c(NC(=O)CCCN)c1. The maximum absolute atomic E-state index is 11.9. The molecule has 0 aliphatic heterocycles. The van der Waals surface area contributed by atoms with Crippen LogP contribution in [0.2, 0.25) is 5.02 Å². The summed E-state index contributed by atoms with van der Waals surface area (Å²) in [6.45, 7) is 5.94. The van der Waals surface area contributed by atoms with Crippen molar-refractivity contribution in [3.63, 3.8) is 0 Å². The van der Waals surface area contributed by atoms with Gasteiger partial charge in [0, 0.05) is 17.5 Å². The number of rotatable bonds is 5. The van der Waals surface area contributed by atoms with Crippen LogP contribution in [0.4, 0.5) is 11.4 Å². The summed E-state index contributed by atoms with van der Waals surface area (Å²) in [4.78, 5) is 23.7. The highest BCUT2D eigenvalue weighted by Gasteiger charge is 2.21. The predicted molar refractivity (Wildman–Crippen MR) is 86.5 cm³/mol. The Labute approximate surface area is 130 Å². The first-order chi connectivity index (χ1) is 9.74. The molecule has 0 radical (unpaired) electrons. The van der Waals surface area contributed by atoms with Crippen LogP contribution in [-0.2, 0) is 9.59 Å². The molecule has 116 valence electrons. The van der Waals surface area contributed by atoms with Gasteiger partial charge in [0.15, 0.2) is 0 Å². The van der Waals surface area contributed by atoms with Gasteiger partial charge in [-0.1, -0.05) is 32.4 Å². The van der Waals surface area contributed by atoms with E-state index in [1.54, 1.807) is 18.2 Å². The maximum Gasteiger partial charge on any atom is 0.229 e. The largest absolute Gasteiger partial charge is 0.330 e. The topological polar surface area (TPSA) is 84.2 Å². The lowest BCUT2D eigenvalue weighted by atomic mass is 9.95. The van der Waals surface area contributed by atoms with Crippen LogP contribution in [0.5, 0.6) is 0 Å². The van der Waals surface area contributed by atoms with E-state index in [4.69, 9.17) is 17.3 Å².